The molecular formula is C13H21IN2O. The summed E-state index contributed by atoms with van der Waals surface area (Å²) in [6.45, 7) is 4.81. The molecule has 4 heteroatoms. The number of hydrogen-bond acceptors (Lipinski definition) is 2. The van der Waals surface area contributed by atoms with Crippen molar-refractivity contribution in [3.8, 4) is 0 Å². The van der Waals surface area contributed by atoms with Crippen molar-refractivity contribution in [1.82, 2.24) is 8.43 Å². The Kier molecular flexibility index (Phi) is 6.19. The Labute approximate surface area is 118 Å². The third-order valence-electron chi connectivity index (χ3n) is 2.97. The summed E-state index contributed by atoms with van der Waals surface area (Å²) in [7, 11) is 1.89. The summed E-state index contributed by atoms with van der Waals surface area (Å²) in [5.74, 6) is 0.0727. The predicted octanol–water partition coefficient (Wildman–Crippen LogP) is 3.18. The van der Waals surface area contributed by atoms with E-state index in [9.17, 15) is 4.79 Å². The molecule has 0 aromatic heterocycles. The van der Waals surface area contributed by atoms with Crippen molar-refractivity contribution in [1.29, 1.82) is 0 Å². The van der Waals surface area contributed by atoms with Crippen molar-refractivity contribution >= 4 is 28.8 Å². The fraction of sp³-hybridized carbons (Fsp3) is 0.615. The topological polar surface area (TPSA) is 32.3 Å². The molecule has 1 rings (SSSR count). The standard InChI is InChI=1S/C13H21IN2O/c1-4-10-6-7-12(8-11(10)5-2)15-13(17)9-16(3)14/h8H,4-7,9H2,1-3H3,(H,15,17). The second kappa shape index (κ2) is 7.16. The fourth-order valence-corrected chi connectivity index (χ4v) is 2.41. The van der Waals surface area contributed by atoms with Crippen LogP contribution in [0.15, 0.2) is 22.9 Å². The molecule has 0 aliphatic heterocycles. The summed E-state index contributed by atoms with van der Waals surface area (Å²) < 4.78 is 1.85. The summed E-state index contributed by atoms with van der Waals surface area (Å²) in [5, 5.41) is 3.00. The van der Waals surface area contributed by atoms with Crippen LogP contribution in [0.25, 0.3) is 0 Å². The lowest BCUT2D eigenvalue weighted by Gasteiger charge is -2.20. The van der Waals surface area contributed by atoms with E-state index < -0.39 is 0 Å². The Bertz CT molecular complexity index is 345. The number of nitrogens with one attached hydrogen (secondary N) is 1. The number of amides is 1. The van der Waals surface area contributed by atoms with Gasteiger partial charge in [-0.25, -0.2) is 3.11 Å². The van der Waals surface area contributed by atoms with E-state index in [2.05, 4.69) is 48.1 Å². The van der Waals surface area contributed by atoms with E-state index in [0.717, 1.165) is 31.4 Å². The molecule has 17 heavy (non-hydrogen) atoms. The van der Waals surface area contributed by atoms with Crippen molar-refractivity contribution in [3.63, 3.8) is 0 Å². The molecule has 0 saturated carbocycles. The molecule has 1 N–H and O–H groups in total. The number of allylic oxidation sites excluding steroid dienone is 4. The molecule has 0 saturated heterocycles. The van der Waals surface area contributed by atoms with Gasteiger partial charge in [0, 0.05) is 28.6 Å². The van der Waals surface area contributed by atoms with E-state index in [4.69, 9.17) is 0 Å². The summed E-state index contributed by atoms with van der Waals surface area (Å²) in [5.41, 5.74) is 4.01. The first-order valence-electron chi connectivity index (χ1n) is 6.15. The zero-order valence-electron chi connectivity index (χ0n) is 10.8. The van der Waals surface area contributed by atoms with Crippen LogP contribution in [-0.4, -0.2) is 22.6 Å². The van der Waals surface area contributed by atoms with Gasteiger partial charge in [0.2, 0.25) is 5.91 Å². The van der Waals surface area contributed by atoms with Gasteiger partial charge in [-0.15, -0.1) is 0 Å². The zero-order valence-corrected chi connectivity index (χ0v) is 13.0. The molecule has 0 atom stereocenters. The first kappa shape index (κ1) is 14.7. The molecule has 0 aromatic rings. The van der Waals surface area contributed by atoms with Crippen molar-refractivity contribution in [2.75, 3.05) is 13.6 Å². The van der Waals surface area contributed by atoms with Crippen LogP contribution in [0.1, 0.15) is 39.5 Å². The van der Waals surface area contributed by atoms with Gasteiger partial charge in [-0.1, -0.05) is 19.4 Å². The van der Waals surface area contributed by atoms with Crippen molar-refractivity contribution < 1.29 is 4.79 Å². The second-order valence-electron chi connectivity index (χ2n) is 4.32. The van der Waals surface area contributed by atoms with Crippen molar-refractivity contribution in [2.45, 2.75) is 39.5 Å². The third kappa shape index (κ3) is 4.79. The summed E-state index contributed by atoms with van der Waals surface area (Å²) in [6, 6.07) is 0. The highest BCUT2D eigenvalue weighted by Crippen LogP contribution is 2.26. The molecule has 1 amide bonds. The normalized spacial score (nSPS) is 16.2. The summed E-state index contributed by atoms with van der Waals surface area (Å²) in [6.07, 6.45) is 6.38. The number of carbonyl (C=O) groups excluding carboxylic acids is 1. The molecule has 0 heterocycles. The quantitative estimate of drug-likeness (QED) is 0.611. The lowest BCUT2D eigenvalue weighted by Crippen LogP contribution is -2.31. The number of carbonyl (C=O) groups is 1. The number of hydrogen-bond donors (Lipinski definition) is 1. The van der Waals surface area contributed by atoms with Crippen LogP contribution in [0.5, 0.6) is 0 Å². The Morgan fingerprint density at radius 1 is 1.41 bits per heavy atom. The Morgan fingerprint density at radius 2 is 2.12 bits per heavy atom. The first-order chi connectivity index (χ1) is 8.06. The van der Waals surface area contributed by atoms with E-state index in [0.29, 0.717) is 6.54 Å². The average molecular weight is 348 g/mol. The van der Waals surface area contributed by atoms with Gasteiger partial charge in [0.1, 0.15) is 0 Å². The predicted molar refractivity (Wildman–Crippen MR) is 79.7 cm³/mol. The monoisotopic (exact) mass is 348 g/mol. The Hall–Kier alpha value is -0.360. The van der Waals surface area contributed by atoms with Crippen LogP contribution in [0.2, 0.25) is 0 Å². The molecule has 1 aliphatic rings. The Morgan fingerprint density at radius 3 is 2.65 bits per heavy atom. The van der Waals surface area contributed by atoms with E-state index in [1.165, 1.54) is 11.1 Å². The highest BCUT2D eigenvalue weighted by Gasteiger charge is 2.13. The molecular weight excluding hydrogens is 327 g/mol. The van der Waals surface area contributed by atoms with Crippen LogP contribution in [0.3, 0.4) is 0 Å². The van der Waals surface area contributed by atoms with Gasteiger partial charge < -0.3 is 5.32 Å². The molecule has 1 aliphatic carbocycles. The second-order valence-corrected chi connectivity index (χ2v) is 5.96. The minimum absolute atomic E-state index is 0.0727. The highest BCUT2D eigenvalue weighted by atomic mass is 127. The average Bonchev–Trinajstić information content (AvgIpc) is 2.27. The smallest absolute Gasteiger partial charge is 0.239 e. The lowest BCUT2D eigenvalue weighted by molar-refractivity contribution is -0.120. The molecule has 0 spiro atoms. The van der Waals surface area contributed by atoms with E-state index >= 15 is 0 Å². The summed E-state index contributed by atoms with van der Waals surface area (Å²) >= 11 is 2.12. The van der Waals surface area contributed by atoms with Crippen LogP contribution < -0.4 is 5.32 Å². The zero-order chi connectivity index (χ0) is 12.8. The van der Waals surface area contributed by atoms with Gasteiger partial charge in [0.05, 0.1) is 6.54 Å². The summed E-state index contributed by atoms with van der Waals surface area (Å²) in [4.78, 5) is 11.7. The maximum Gasteiger partial charge on any atom is 0.239 e. The molecule has 0 bridgehead atoms. The van der Waals surface area contributed by atoms with Crippen molar-refractivity contribution in [2.24, 2.45) is 0 Å². The Balaban J connectivity index is 2.65. The molecule has 0 fully saturated rings. The molecule has 0 aromatic carbocycles. The fourth-order valence-electron chi connectivity index (χ4n) is 2.10. The van der Waals surface area contributed by atoms with Gasteiger partial charge in [0.15, 0.2) is 0 Å². The number of rotatable bonds is 5. The van der Waals surface area contributed by atoms with Gasteiger partial charge in [-0.2, -0.15) is 0 Å². The van der Waals surface area contributed by atoms with E-state index in [-0.39, 0.29) is 5.91 Å². The van der Waals surface area contributed by atoms with Gasteiger partial charge in [-0.05, 0) is 44.4 Å². The SMILES string of the molecule is CCC1=C(CC)CCC(NC(=O)CN(C)I)=C1. The number of likely N-dealkylation sites (N-methyl/N-ethyl adjacent to an activating group) is 1. The molecule has 0 radical (unpaired) electrons. The van der Waals surface area contributed by atoms with Gasteiger partial charge in [0.25, 0.3) is 0 Å². The molecule has 3 nitrogen and oxygen atoms in total. The molecule has 0 unspecified atom stereocenters. The number of nitrogens with zero attached hydrogens (tertiary/aromatic N) is 1. The third-order valence-corrected chi connectivity index (χ3v) is 3.31. The maximum absolute atomic E-state index is 11.7. The van der Waals surface area contributed by atoms with E-state index in [1.807, 2.05) is 10.2 Å². The van der Waals surface area contributed by atoms with Crippen LogP contribution in [0, 0.1) is 0 Å². The largest absolute Gasteiger partial charge is 0.329 e. The van der Waals surface area contributed by atoms with Crippen LogP contribution in [0.4, 0.5) is 0 Å². The molecule has 96 valence electrons. The maximum atomic E-state index is 11.7. The van der Waals surface area contributed by atoms with Crippen LogP contribution >= 0.6 is 22.9 Å². The van der Waals surface area contributed by atoms with Gasteiger partial charge in [-0.3, -0.25) is 4.79 Å². The highest BCUT2D eigenvalue weighted by molar-refractivity contribution is 14.1. The van der Waals surface area contributed by atoms with Crippen molar-refractivity contribution in [3.05, 3.63) is 22.9 Å². The number of halogens is 1. The first-order valence-corrected chi connectivity index (χ1v) is 7.11. The lowest BCUT2D eigenvalue weighted by atomic mass is 9.92. The minimum Gasteiger partial charge on any atom is -0.329 e. The van der Waals surface area contributed by atoms with E-state index in [1.54, 1.807) is 0 Å². The minimum atomic E-state index is 0.0727. The van der Waals surface area contributed by atoms with Gasteiger partial charge >= 0.3 is 0 Å². The van der Waals surface area contributed by atoms with Crippen LogP contribution in [-0.2, 0) is 4.79 Å².